The van der Waals surface area contributed by atoms with E-state index in [1.54, 1.807) is 22.9 Å². The molecule has 0 amide bonds. The molecule has 3 rings (SSSR count). The minimum absolute atomic E-state index is 0.243. The fourth-order valence-electron chi connectivity index (χ4n) is 2.04. The van der Waals surface area contributed by atoms with Gasteiger partial charge in [-0.3, -0.25) is 0 Å². The molecule has 2 heterocycles. The molecule has 0 bridgehead atoms. The Hall–Kier alpha value is -2.56. The van der Waals surface area contributed by atoms with Crippen LogP contribution in [0.25, 0.3) is 10.9 Å². The zero-order valence-corrected chi connectivity index (χ0v) is 9.41. The molecule has 18 heavy (non-hydrogen) atoms. The van der Waals surface area contributed by atoms with E-state index >= 15 is 0 Å². The molecule has 0 radical (unpaired) electrons. The first-order valence-corrected chi connectivity index (χ1v) is 5.47. The first kappa shape index (κ1) is 10.6. The molecular weight excluding hydrogens is 232 g/mol. The molecule has 0 aliphatic heterocycles. The van der Waals surface area contributed by atoms with E-state index in [0.717, 1.165) is 10.9 Å². The number of rotatable bonds is 3. The summed E-state index contributed by atoms with van der Waals surface area (Å²) in [5, 5.41) is 13.7. The lowest BCUT2D eigenvalue weighted by molar-refractivity contribution is 0.0686. The van der Waals surface area contributed by atoms with Crippen molar-refractivity contribution in [3.8, 4) is 0 Å². The van der Waals surface area contributed by atoms with Crippen molar-refractivity contribution in [2.24, 2.45) is 0 Å². The number of benzene rings is 1. The van der Waals surface area contributed by atoms with Crippen LogP contribution >= 0.6 is 0 Å². The van der Waals surface area contributed by atoms with E-state index in [4.69, 9.17) is 4.52 Å². The summed E-state index contributed by atoms with van der Waals surface area (Å²) in [6.07, 6.45) is 1.54. The van der Waals surface area contributed by atoms with Gasteiger partial charge in [0.05, 0.1) is 12.7 Å². The second-order valence-electron chi connectivity index (χ2n) is 3.96. The first-order chi connectivity index (χ1) is 8.75. The highest BCUT2D eigenvalue weighted by atomic mass is 16.5. The zero-order chi connectivity index (χ0) is 12.5. The van der Waals surface area contributed by atoms with Crippen LogP contribution in [0, 0.1) is 0 Å². The molecule has 5 heteroatoms. The summed E-state index contributed by atoms with van der Waals surface area (Å²) in [6, 6.07) is 10.9. The molecule has 0 saturated heterocycles. The van der Waals surface area contributed by atoms with Gasteiger partial charge in [-0.15, -0.1) is 0 Å². The summed E-state index contributed by atoms with van der Waals surface area (Å²) in [4.78, 5) is 11.3. The molecule has 0 spiro atoms. The van der Waals surface area contributed by atoms with Crippen molar-refractivity contribution in [2.75, 3.05) is 0 Å². The molecular formula is C13H10N2O3. The zero-order valence-electron chi connectivity index (χ0n) is 9.41. The van der Waals surface area contributed by atoms with E-state index < -0.39 is 5.97 Å². The lowest BCUT2D eigenvalue weighted by Gasteiger charge is -2.05. The Labute approximate surface area is 102 Å². The van der Waals surface area contributed by atoms with Crippen LogP contribution in [0.3, 0.4) is 0 Å². The number of para-hydroxylation sites is 1. The normalized spacial score (nSPS) is 10.9. The van der Waals surface area contributed by atoms with Gasteiger partial charge in [-0.05, 0) is 12.1 Å². The minimum atomic E-state index is -0.953. The van der Waals surface area contributed by atoms with Crippen LogP contribution in [0.5, 0.6) is 0 Å². The van der Waals surface area contributed by atoms with E-state index in [1.165, 1.54) is 0 Å². The van der Waals surface area contributed by atoms with Gasteiger partial charge in [0.2, 0.25) is 0 Å². The van der Waals surface area contributed by atoms with Crippen molar-refractivity contribution in [1.82, 2.24) is 9.72 Å². The molecule has 1 aromatic carbocycles. The number of carbonyl (C=O) groups is 1. The molecule has 0 fully saturated rings. The maximum atomic E-state index is 11.3. The highest BCUT2D eigenvalue weighted by Crippen LogP contribution is 2.21. The van der Waals surface area contributed by atoms with Crippen LogP contribution in [0.2, 0.25) is 0 Å². The monoisotopic (exact) mass is 242 g/mol. The lowest BCUT2D eigenvalue weighted by Crippen LogP contribution is -2.08. The summed E-state index contributed by atoms with van der Waals surface area (Å²) in [5.41, 5.74) is 1.11. The van der Waals surface area contributed by atoms with Gasteiger partial charge in [0, 0.05) is 17.0 Å². The second kappa shape index (κ2) is 4.03. The van der Waals surface area contributed by atoms with Crippen LogP contribution < -0.4 is 0 Å². The smallest absolute Gasteiger partial charge is 0.352 e. The van der Waals surface area contributed by atoms with Crippen molar-refractivity contribution < 1.29 is 14.4 Å². The number of aromatic nitrogens is 2. The third kappa shape index (κ3) is 1.66. The van der Waals surface area contributed by atoms with Crippen molar-refractivity contribution in [1.29, 1.82) is 0 Å². The molecule has 5 nitrogen and oxygen atoms in total. The Balaban J connectivity index is 2.18. The number of hydrogen-bond donors (Lipinski definition) is 1. The van der Waals surface area contributed by atoms with Gasteiger partial charge < -0.3 is 14.2 Å². The third-order valence-electron chi connectivity index (χ3n) is 2.83. The van der Waals surface area contributed by atoms with Crippen molar-refractivity contribution in [3.63, 3.8) is 0 Å². The lowest BCUT2D eigenvalue weighted by atomic mass is 10.2. The second-order valence-corrected chi connectivity index (χ2v) is 3.96. The molecule has 90 valence electrons. The van der Waals surface area contributed by atoms with Crippen LogP contribution in [-0.4, -0.2) is 20.8 Å². The molecule has 3 aromatic rings. The van der Waals surface area contributed by atoms with Crippen molar-refractivity contribution in [3.05, 3.63) is 54.0 Å². The maximum Gasteiger partial charge on any atom is 0.352 e. The average Bonchev–Trinajstić information content (AvgIpc) is 2.98. The molecule has 2 aromatic heterocycles. The van der Waals surface area contributed by atoms with Crippen LogP contribution in [-0.2, 0) is 6.54 Å². The molecule has 0 aliphatic rings. The Kier molecular flexibility index (Phi) is 2.37. The Bertz CT molecular complexity index is 698. The number of aromatic carboxylic acids is 1. The quantitative estimate of drug-likeness (QED) is 0.765. The predicted molar refractivity (Wildman–Crippen MR) is 64.5 cm³/mol. The van der Waals surface area contributed by atoms with Crippen molar-refractivity contribution in [2.45, 2.75) is 6.54 Å². The molecule has 1 N–H and O–H groups in total. The van der Waals surface area contributed by atoms with Crippen LogP contribution in [0.15, 0.2) is 47.1 Å². The number of fused-ring (bicyclic) bond motifs is 1. The maximum absolute atomic E-state index is 11.3. The number of carboxylic acid groups (broad SMARTS) is 1. The van der Waals surface area contributed by atoms with Gasteiger partial charge in [-0.2, -0.15) is 0 Å². The first-order valence-electron chi connectivity index (χ1n) is 5.47. The van der Waals surface area contributed by atoms with Gasteiger partial charge in [-0.25, -0.2) is 4.79 Å². The molecule has 0 atom stereocenters. The van der Waals surface area contributed by atoms with E-state index in [-0.39, 0.29) is 5.69 Å². The van der Waals surface area contributed by atoms with E-state index in [0.29, 0.717) is 12.3 Å². The Morgan fingerprint density at radius 3 is 2.89 bits per heavy atom. The average molecular weight is 242 g/mol. The van der Waals surface area contributed by atoms with Gasteiger partial charge in [0.25, 0.3) is 0 Å². The van der Waals surface area contributed by atoms with E-state index in [9.17, 15) is 9.90 Å². The Morgan fingerprint density at radius 1 is 1.33 bits per heavy atom. The standard InChI is InChI=1S/C13H10N2O3/c16-13(17)12-7-9-3-1-2-4-11(9)15(12)8-10-5-6-14-18-10/h1-7H,8H2,(H,16,17). The topological polar surface area (TPSA) is 68.3 Å². The van der Waals surface area contributed by atoms with Crippen molar-refractivity contribution >= 4 is 16.9 Å². The summed E-state index contributed by atoms with van der Waals surface area (Å²) >= 11 is 0. The number of nitrogens with zero attached hydrogens (tertiary/aromatic N) is 2. The number of carboxylic acids is 1. The SMILES string of the molecule is O=C(O)c1cc2ccccc2n1Cc1ccno1. The van der Waals surface area contributed by atoms with E-state index in [1.807, 2.05) is 24.3 Å². The fraction of sp³-hybridized carbons (Fsp3) is 0.0769. The van der Waals surface area contributed by atoms with Gasteiger partial charge in [0.1, 0.15) is 5.69 Å². The predicted octanol–water partition coefficient (Wildman–Crippen LogP) is 2.38. The highest BCUT2D eigenvalue weighted by molar-refractivity contribution is 5.94. The minimum Gasteiger partial charge on any atom is -0.477 e. The van der Waals surface area contributed by atoms with Gasteiger partial charge in [-0.1, -0.05) is 23.4 Å². The molecule has 0 aliphatic carbocycles. The molecule has 0 unspecified atom stereocenters. The van der Waals surface area contributed by atoms with E-state index in [2.05, 4.69) is 5.16 Å². The Morgan fingerprint density at radius 2 is 2.17 bits per heavy atom. The summed E-state index contributed by atoms with van der Waals surface area (Å²) < 4.78 is 6.73. The number of hydrogen-bond acceptors (Lipinski definition) is 3. The summed E-state index contributed by atoms with van der Waals surface area (Å²) in [5.74, 6) is -0.329. The summed E-state index contributed by atoms with van der Waals surface area (Å²) in [7, 11) is 0. The fourth-order valence-corrected chi connectivity index (χ4v) is 2.04. The van der Waals surface area contributed by atoms with Gasteiger partial charge in [0.15, 0.2) is 5.76 Å². The largest absolute Gasteiger partial charge is 0.477 e. The van der Waals surface area contributed by atoms with Crippen LogP contribution in [0.4, 0.5) is 0 Å². The van der Waals surface area contributed by atoms with Gasteiger partial charge >= 0.3 is 5.97 Å². The summed E-state index contributed by atoms with van der Waals surface area (Å²) in [6.45, 7) is 0.356. The highest BCUT2D eigenvalue weighted by Gasteiger charge is 2.15. The third-order valence-corrected chi connectivity index (χ3v) is 2.83. The molecule has 0 saturated carbocycles. The van der Waals surface area contributed by atoms with Crippen LogP contribution in [0.1, 0.15) is 16.2 Å².